The molecule has 0 radical (unpaired) electrons. The highest BCUT2D eigenvalue weighted by Crippen LogP contribution is 2.20. The molecule has 1 fully saturated rings. The molecule has 0 unspecified atom stereocenters. The standard InChI is InChI=1S/C17H20N4O3/c1-23-15-4-2-3-13(11-15)20-17(22)21-9-6-14(7-10-21)24-16-5-8-18-12-19-16/h2-5,8,11-12,14H,6-7,9-10H2,1H3,(H,20,22). The molecule has 1 aromatic carbocycles. The first kappa shape index (κ1) is 16.0. The molecular weight excluding hydrogens is 308 g/mol. The summed E-state index contributed by atoms with van der Waals surface area (Å²) in [5.41, 5.74) is 0.721. The SMILES string of the molecule is COc1cccc(NC(=O)N2CCC(Oc3ccncn3)CC2)c1. The van der Waals surface area contributed by atoms with E-state index in [2.05, 4.69) is 15.3 Å². The number of rotatable bonds is 4. The molecule has 2 heterocycles. The number of nitrogens with zero attached hydrogens (tertiary/aromatic N) is 3. The predicted octanol–water partition coefficient (Wildman–Crippen LogP) is 2.56. The van der Waals surface area contributed by atoms with Crippen molar-refractivity contribution in [3.63, 3.8) is 0 Å². The lowest BCUT2D eigenvalue weighted by atomic mass is 10.1. The fourth-order valence-corrected chi connectivity index (χ4v) is 2.60. The van der Waals surface area contributed by atoms with Gasteiger partial charge >= 0.3 is 6.03 Å². The first-order valence-electron chi connectivity index (χ1n) is 7.87. The third kappa shape index (κ3) is 4.13. The van der Waals surface area contributed by atoms with Gasteiger partial charge in [0.15, 0.2) is 0 Å². The Kier molecular flexibility index (Phi) is 5.10. The number of aromatic nitrogens is 2. The van der Waals surface area contributed by atoms with E-state index in [1.807, 2.05) is 18.2 Å². The first-order chi connectivity index (χ1) is 11.7. The fourth-order valence-electron chi connectivity index (χ4n) is 2.60. The Balaban J connectivity index is 1.49. The lowest BCUT2D eigenvalue weighted by Crippen LogP contribution is -2.43. The minimum Gasteiger partial charge on any atom is -0.497 e. The third-order valence-corrected chi connectivity index (χ3v) is 3.89. The average molecular weight is 328 g/mol. The highest BCUT2D eigenvalue weighted by atomic mass is 16.5. The van der Waals surface area contributed by atoms with Crippen LogP contribution in [0.25, 0.3) is 0 Å². The lowest BCUT2D eigenvalue weighted by molar-refractivity contribution is 0.111. The number of carbonyl (C=O) groups is 1. The Bertz CT molecular complexity index is 673. The summed E-state index contributed by atoms with van der Waals surface area (Å²) in [7, 11) is 1.60. The predicted molar refractivity (Wildman–Crippen MR) is 89.3 cm³/mol. The Morgan fingerprint density at radius 3 is 2.83 bits per heavy atom. The van der Waals surface area contributed by atoms with Gasteiger partial charge in [-0.05, 0) is 12.1 Å². The van der Waals surface area contributed by atoms with Crippen molar-refractivity contribution >= 4 is 11.7 Å². The molecule has 126 valence electrons. The van der Waals surface area contributed by atoms with Crippen molar-refractivity contribution < 1.29 is 14.3 Å². The fraction of sp³-hybridized carbons (Fsp3) is 0.353. The largest absolute Gasteiger partial charge is 0.497 e. The number of ether oxygens (including phenoxy) is 2. The highest BCUT2D eigenvalue weighted by molar-refractivity contribution is 5.89. The normalized spacial score (nSPS) is 15.0. The molecule has 1 aromatic heterocycles. The van der Waals surface area contributed by atoms with Gasteiger partial charge in [0, 0.05) is 49.9 Å². The smallest absolute Gasteiger partial charge is 0.321 e. The topological polar surface area (TPSA) is 76.6 Å². The van der Waals surface area contributed by atoms with Crippen LogP contribution in [-0.4, -0.2) is 47.2 Å². The zero-order valence-electron chi connectivity index (χ0n) is 13.5. The van der Waals surface area contributed by atoms with Crippen LogP contribution in [0.15, 0.2) is 42.9 Å². The number of benzene rings is 1. The molecule has 0 atom stereocenters. The second-order valence-corrected chi connectivity index (χ2v) is 5.51. The van der Waals surface area contributed by atoms with Gasteiger partial charge in [0.2, 0.25) is 5.88 Å². The van der Waals surface area contributed by atoms with Crippen LogP contribution in [0, 0.1) is 0 Å². The number of urea groups is 1. The molecule has 7 heteroatoms. The highest BCUT2D eigenvalue weighted by Gasteiger charge is 2.24. The first-order valence-corrected chi connectivity index (χ1v) is 7.87. The van der Waals surface area contributed by atoms with Crippen LogP contribution >= 0.6 is 0 Å². The van der Waals surface area contributed by atoms with E-state index in [9.17, 15) is 4.79 Å². The number of amides is 2. The molecule has 1 aliphatic rings. The van der Waals surface area contributed by atoms with Crippen molar-refractivity contribution in [2.24, 2.45) is 0 Å². The van der Waals surface area contributed by atoms with E-state index >= 15 is 0 Å². The summed E-state index contributed by atoms with van der Waals surface area (Å²) >= 11 is 0. The molecule has 3 rings (SSSR count). The van der Waals surface area contributed by atoms with Crippen LogP contribution < -0.4 is 14.8 Å². The van der Waals surface area contributed by atoms with Gasteiger partial charge in [-0.1, -0.05) is 6.07 Å². The Morgan fingerprint density at radius 2 is 2.12 bits per heavy atom. The zero-order chi connectivity index (χ0) is 16.8. The number of hydrogen-bond donors (Lipinski definition) is 1. The van der Waals surface area contributed by atoms with Gasteiger partial charge in [0.25, 0.3) is 0 Å². The number of anilines is 1. The number of piperidine rings is 1. The molecule has 24 heavy (non-hydrogen) atoms. The van der Waals surface area contributed by atoms with Gasteiger partial charge in [-0.2, -0.15) is 0 Å². The van der Waals surface area contributed by atoms with Crippen molar-refractivity contribution in [3.8, 4) is 11.6 Å². The van der Waals surface area contributed by atoms with E-state index in [1.165, 1.54) is 6.33 Å². The summed E-state index contributed by atoms with van der Waals surface area (Å²) in [6.07, 6.45) is 4.73. The van der Waals surface area contributed by atoms with E-state index in [1.54, 1.807) is 30.3 Å². The summed E-state index contributed by atoms with van der Waals surface area (Å²) in [6, 6.07) is 8.95. The van der Waals surface area contributed by atoms with E-state index < -0.39 is 0 Å². The van der Waals surface area contributed by atoms with Crippen LogP contribution in [0.2, 0.25) is 0 Å². The van der Waals surface area contributed by atoms with Gasteiger partial charge in [0.05, 0.1) is 7.11 Å². The molecule has 0 bridgehead atoms. The Morgan fingerprint density at radius 1 is 1.29 bits per heavy atom. The summed E-state index contributed by atoms with van der Waals surface area (Å²) in [6.45, 7) is 1.29. The maximum Gasteiger partial charge on any atom is 0.321 e. The van der Waals surface area contributed by atoms with Crippen molar-refractivity contribution in [1.29, 1.82) is 0 Å². The molecule has 1 saturated heterocycles. The van der Waals surface area contributed by atoms with Gasteiger partial charge < -0.3 is 19.7 Å². The maximum absolute atomic E-state index is 12.3. The zero-order valence-corrected chi connectivity index (χ0v) is 13.5. The monoisotopic (exact) mass is 328 g/mol. The summed E-state index contributed by atoms with van der Waals surface area (Å²) < 4.78 is 11.0. The number of likely N-dealkylation sites (tertiary alicyclic amines) is 1. The van der Waals surface area contributed by atoms with Crippen molar-refractivity contribution in [3.05, 3.63) is 42.9 Å². The molecule has 1 N–H and O–H groups in total. The molecule has 2 amide bonds. The van der Waals surface area contributed by atoms with Crippen molar-refractivity contribution in [2.75, 3.05) is 25.5 Å². The maximum atomic E-state index is 12.3. The second-order valence-electron chi connectivity index (χ2n) is 5.51. The molecule has 2 aromatic rings. The molecular formula is C17H20N4O3. The quantitative estimate of drug-likeness (QED) is 0.933. The Labute approximate surface area is 140 Å². The minimum atomic E-state index is -0.108. The average Bonchev–Trinajstić information content (AvgIpc) is 2.63. The lowest BCUT2D eigenvalue weighted by Gasteiger charge is -2.31. The molecule has 0 spiro atoms. The van der Waals surface area contributed by atoms with Gasteiger partial charge in [-0.15, -0.1) is 0 Å². The van der Waals surface area contributed by atoms with E-state index in [-0.39, 0.29) is 12.1 Å². The molecule has 7 nitrogen and oxygen atoms in total. The molecule has 0 aliphatic carbocycles. The van der Waals surface area contributed by atoms with E-state index in [4.69, 9.17) is 9.47 Å². The van der Waals surface area contributed by atoms with E-state index in [0.717, 1.165) is 18.5 Å². The van der Waals surface area contributed by atoms with Crippen LogP contribution in [0.3, 0.4) is 0 Å². The van der Waals surface area contributed by atoms with E-state index in [0.29, 0.717) is 24.7 Å². The number of carbonyl (C=O) groups excluding carboxylic acids is 1. The molecule has 0 saturated carbocycles. The number of nitrogens with one attached hydrogen (secondary N) is 1. The van der Waals surface area contributed by atoms with Crippen LogP contribution in [0.1, 0.15) is 12.8 Å². The van der Waals surface area contributed by atoms with Crippen molar-refractivity contribution in [1.82, 2.24) is 14.9 Å². The second kappa shape index (κ2) is 7.63. The summed E-state index contributed by atoms with van der Waals surface area (Å²) in [5.74, 6) is 1.29. The summed E-state index contributed by atoms with van der Waals surface area (Å²) in [5, 5.41) is 2.90. The Hall–Kier alpha value is -2.83. The number of hydrogen-bond acceptors (Lipinski definition) is 5. The minimum absolute atomic E-state index is 0.0702. The number of methoxy groups -OCH3 is 1. The van der Waals surface area contributed by atoms with Crippen molar-refractivity contribution in [2.45, 2.75) is 18.9 Å². The van der Waals surface area contributed by atoms with Gasteiger partial charge in [-0.25, -0.2) is 14.8 Å². The third-order valence-electron chi connectivity index (χ3n) is 3.89. The van der Waals surface area contributed by atoms with Gasteiger partial charge in [-0.3, -0.25) is 0 Å². The summed E-state index contributed by atoms with van der Waals surface area (Å²) in [4.78, 5) is 22.1. The van der Waals surface area contributed by atoms with Gasteiger partial charge in [0.1, 0.15) is 18.2 Å². The van der Waals surface area contributed by atoms with Crippen LogP contribution in [-0.2, 0) is 0 Å². The van der Waals surface area contributed by atoms with Crippen LogP contribution in [0.5, 0.6) is 11.6 Å². The molecule has 1 aliphatic heterocycles. The van der Waals surface area contributed by atoms with Crippen LogP contribution in [0.4, 0.5) is 10.5 Å².